The largest absolute Gasteiger partial charge is 0.508 e. The molecule has 0 radical (unpaired) electrons. The first-order valence-electron chi connectivity index (χ1n) is 22.4. The van der Waals surface area contributed by atoms with Crippen LogP contribution in [0.1, 0.15) is 57.6 Å². The molecule has 0 bridgehead atoms. The number of hydrogen-bond acceptors (Lipinski definition) is 17. The lowest BCUT2D eigenvalue weighted by Gasteiger charge is -2.36. The standard InChI is InChI=1S/C47H46F3N9O9S3/c48-47(49,50)38-22-35-40(41(51)56-38)57-44(63)59(35)24-26-4-11-39(54-23-26)52-12-15-58-14-2-1-3-28(58)25-66-45(64)65-16-18-71-70-17-13-53-43(69)55-27-5-8-32-31(19-27)42(62)68-46(32)33-9-6-29(60)20-36(33)67-37-21-30(61)7-10-34(37)46/h4-11,19-23,28,60-61H,1-3,12-18,24-25H2,(H2,51,56)(H,52,54)(H,57,63)(H2,53,55,69). The fourth-order valence-corrected chi connectivity index (χ4v) is 10.8. The molecule has 6 heterocycles. The minimum Gasteiger partial charge on any atom is -0.508 e. The van der Waals surface area contributed by atoms with Crippen LogP contribution in [0.4, 0.5) is 35.3 Å². The van der Waals surface area contributed by atoms with Crippen LogP contribution in [0.2, 0.25) is 0 Å². The number of H-pyrrole nitrogens is 1. The Kier molecular flexibility index (Phi) is 14.4. The number of halogens is 3. The molecule has 9 rings (SSSR count). The number of aromatic nitrogens is 4. The number of alkyl halides is 3. The van der Waals surface area contributed by atoms with Gasteiger partial charge in [0.05, 0.1) is 17.6 Å². The quantitative estimate of drug-likeness (QED) is 0.0214. The van der Waals surface area contributed by atoms with Crippen molar-refractivity contribution < 1.29 is 51.9 Å². The number of carbonyl (C=O) groups is 2. The van der Waals surface area contributed by atoms with Gasteiger partial charge in [-0.1, -0.05) is 40.1 Å². The number of hydrogen-bond donors (Lipinski definition) is 7. The molecular formula is C47H46F3N9O9S3. The summed E-state index contributed by atoms with van der Waals surface area (Å²) in [5.41, 5.74) is 5.68. The van der Waals surface area contributed by atoms with Crippen LogP contribution >= 0.6 is 33.8 Å². The summed E-state index contributed by atoms with van der Waals surface area (Å²) >= 11 is 5.52. The van der Waals surface area contributed by atoms with Gasteiger partial charge < -0.3 is 55.8 Å². The van der Waals surface area contributed by atoms with E-state index in [9.17, 15) is 37.8 Å². The third kappa shape index (κ3) is 10.7. The molecule has 1 spiro atoms. The number of nitrogen functional groups attached to an aromatic ring is 1. The van der Waals surface area contributed by atoms with Gasteiger partial charge in [0.15, 0.2) is 10.7 Å². The van der Waals surface area contributed by atoms with Crippen LogP contribution in [-0.2, 0) is 32.5 Å². The summed E-state index contributed by atoms with van der Waals surface area (Å²) in [6.45, 7) is 2.92. The molecule has 3 aliphatic heterocycles. The molecule has 0 saturated carbocycles. The number of phenols is 2. The van der Waals surface area contributed by atoms with Crippen molar-refractivity contribution in [2.24, 2.45) is 0 Å². The molecule has 3 aromatic heterocycles. The zero-order valence-corrected chi connectivity index (χ0v) is 40.0. The minimum atomic E-state index is -4.73. The van der Waals surface area contributed by atoms with E-state index in [2.05, 4.69) is 35.8 Å². The van der Waals surface area contributed by atoms with Gasteiger partial charge in [-0.3, -0.25) is 9.47 Å². The summed E-state index contributed by atoms with van der Waals surface area (Å²) in [5.74, 6) is 1.37. The summed E-state index contributed by atoms with van der Waals surface area (Å²) in [6, 6.07) is 18.7. The number of nitrogens with one attached hydrogen (secondary N) is 4. The molecule has 24 heteroatoms. The molecule has 3 aliphatic rings. The van der Waals surface area contributed by atoms with Crippen LogP contribution in [0.15, 0.2) is 83.8 Å². The van der Waals surface area contributed by atoms with Gasteiger partial charge in [-0.25, -0.2) is 24.4 Å². The molecule has 372 valence electrons. The number of rotatable bonds is 16. The molecule has 1 atom stereocenters. The van der Waals surface area contributed by atoms with E-state index in [0.717, 1.165) is 36.4 Å². The highest BCUT2D eigenvalue weighted by Gasteiger charge is 2.53. The number of anilines is 3. The summed E-state index contributed by atoms with van der Waals surface area (Å²) < 4.78 is 64.2. The Morgan fingerprint density at radius 3 is 2.44 bits per heavy atom. The molecule has 1 fully saturated rings. The van der Waals surface area contributed by atoms with E-state index in [1.807, 2.05) is 0 Å². The fourth-order valence-electron chi connectivity index (χ4n) is 8.80. The zero-order chi connectivity index (χ0) is 49.9. The maximum Gasteiger partial charge on any atom is 0.508 e. The first-order chi connectivity index (χ1) is 34.2. The van der Waals surface area contributed by atoms with Crippen molar-refractivity contribution in [3.05, 3.63) is 123 Å². The number of ether oxygens (including phenoxy) is 4. The average Bonchev–Trinajstić information content (AvgIpc) is 3.81. The molecule has 0 aliphatic carbocycles. The number of pyridine rings is 2. The van der Waals surface area contributed by atoms with E-state index in [1.165, 1.54) is 24.3 Å². The predicted molar refractivity (Wildman–Crippen MR) is 265 cm³/mol. The van der Waals surface area contributed by atoms with E-state index in [1.54, 1.807) is 70.2 Å². The first kappa shape index (κ1) is 49.1. The van der Waals surface area contributed by atoms with Gasteiger partial charge in [0.2, 0.25) is 0 Å². The van der Waals surface area contributed by atoms with Gasteiger partial charge in [0.1, 0.15) is 59.1 Å². The predicted octanol–water partition coefficient (Wildman–Crippen LogP) is 7.54. The molecule has 0 amide bonds. The second-order valence-corrected chi connectivity index (χ2v) is 19.8. The number of aromatic amines is 1. The van der Waals surface area contributed by atoms with Crippen molar-refractivity contribution in [1.82, 2.24) is 29.7 Å². The molecule has 6 aromatic rings. The Bertz CT molecular complexity index is 3000. The van der Waals surface area contributed by atoms with Gasteiger partial charge in [-0.2, -0.15) is 13.2 Å². The Balaban J connectivity index is 0.659. The monoisotopic (exact) mass is 1030 g/mol. The van der Waals surface area contributed by atoms with Gasteiger partial charge in [0.25, 0.3) is 0 Å². The van der Waals surface area contributed by atoms with E-state index < -0.39 is 41.1 Å². The highest BCUT2D eigenvalue weighted by atomic mass is 33.1. The normalized spacial score (nSPS) is 15.8. The molecule has 18 nitrogen and oxygen atoms in total. The maximum absolute atomic E-state index is 13.4. The molecule has 71 heavy (non-hydrogen) atoms. The fraction of sp³-hybridized carbons (Fsp3) is 0.319. The first-order valence-corrected chi connectivity index (χ1v) is 25.3. The highest BCUT2D eigenvalue weighted by molar-refractivity contribution is 8.76. The second-order valence-electron chi connectivity index (χ2n) is 16.7. The van der Waals surface area contributed by atoms with Gasteiger partial charge >= 0.3 is 24.0 Å². The molecule has 3 aromatic carbocycles. The van der Waals surface area contributed by atoms with Crippen molar-refractivity contribution in [2.45, 2.75) is 43.6 Å². The smallest absolute Gasteiger partial charge is 0.508 e. The van der Waals surface area contributed by atoms with Crippen LogP contribution in [0, 0.1) is 0 Å². The lowest BCUT2D eigenvalue weighted by atomic mass is 9.77. The number of thiocarbonyl (C=S) groups is 1. The summed E-state index contributed by atoms with van der Waals surface area (Å²) in [6.07, 6.45) is -1.03. The van der Waals surface area contributed by atoms with Crippen LogP contribution < -0.4 is 32.1 Å². The number of benzene rings is 3. The van der Waals surface area contributed by atoms with E-state index >= 15 is 0 Å². The molecule has 8 N–H and O–H groups in total. The van der Waals surface area contributed by atoms with Crippen molar-refractivity contribution in [1.29, 1.82) is 0 Å². The lowest BCUT2D eigenvalue weighted by Crippen LogP contribution is -2.45. The molecule has 1 unspecified atom stereocenters. The van der Waals surface area contributed by atoms with Crippen LogP contribution in [0.25, 0.3) is 11.0 Å². The average molecular weight is 1030 g/mol. The molecule has 1 saturated heterocycles. The Morgan fingerprint density at radius 1 is 0.958 bits per heavy atom. The SMILES string of the molecule is Nc1nc(C(F)(F)F)cc2c1[nH]c(=O)n2Cc1ccc(NCCN2CCCCC2COC(=O)OCCSSCCNC(=S)Nc2ccc3c(c2)C(=O)OC32c3ccc(O)cc3Oc3cc(O)ccc32)nc1. The maximum atomic E-state index is 13.4. The lowest BCUT2D eigenvalue weighted by molar-refractivity contribution is -0.141. The molecular weight excluding hydrogens is 988 g/mol. The van der Waals surface area contributed by atoms with Crippen molar-refractivity contribution in [3.63, 3.8) is 0 Å². The number of fused-ring (bicyclic) bond motifs is 7. The van der Waals surface area contributed by atoms with Crippen molar-refractivity contribution >= 4 is 79.4 Å². The number of nitrogens with two attached hydrogens (primary N) is 1. The third-order valence-corrected chi connectivity index (χ3v) is 14.7. The number of phenolic OH excluding ortho intramolecular Hbond substituents is 2. The summed E-state index contributed by atoms with van der Waals surface area (Å²) in [4.78, 5) is 51.1. The highest BCUT2D eigenvalue weighted by Crippen LogP contribution is 2.57. The third-order valence-electron chi connectivity index (χ3n) is 12.1. The Hall–Kier alpha value is -6.89. The Morgan fingerprint density at radius 2 is 1.70 bits per heavy atom. The number of aromatic hydroxyl groups is 2. The van der Waals surface area contributed by atoms with Crippen LogP contribution in [0.3, 0.4) is 0 Å². The zero-order valence-electron chi connectivity index (χ0n) is 37.5. The number of nitrogens with zero attached hydrogens (tertiary/aromatic N) is 4. The number of likely N-dealkylation sites (tertiary alicyclic amines) is 1. The number of piperidine rings is 1. The minimum absolute atomic E-state index is 0.0103. The van der Waals surface area contributed by atoms with Gasteiger partial charge in [-0.15, -0.1) is 0 Å². The van der Waals surface area contributed by atoms with E-state index in [4.69, 9.17) is 36.9 Å². The van der Waals surface area contributed by atoms with Crippen molar-refractivity contribution in [3.8, 4) is 23.0 Å². The number of esters is 1. The number of carbonyl (C=O) groups excluding carboxylic acids is 2. The summed E-state index contributed by atoms with van der Waals surface area (Å²) in [5, 5.41) is 30.3. The van der Waals surface area contributed by atoms with Crippen LogP contribution in [-0.4, -0.2) is 109 Å². The summed E-state index contributed by atoms with van der Waals surface area (Å²) in [7, 11) is 3.12. The number of imidazole rings is 1. The topological polar surface area (TPSA) is 240 Å². The van der Waals surface area contributed by atoms with E-state index in [-0.39, 0.29) is 48.3 Å². The van der Waals surface area contributed by atoms with Crippen molar-refractivity contribution in [2.75, 3.05) is 67.3 Å². The Labute approximate surface area is 416 Å². The van der Waals surface area contributed by atoms with Gasteiger partial charge in [0, 0.05) is 77.9 Å². The van der Waals surface area contributed by atoms with E-state index in [0.29, 0.717) is 87.1 Å². The van der Waals surface area contributed by atoms with Crippen LogP contribution in [0.5, 0.6) is 23.0 Å². The second kappa shape index (κ2) is 20.8. The van der Waals surface area contributed by atoms with Gasteiger partial charge in [-0.05, 0) is 85.7 Å².